The highest BCUT2D eigenvalue weighted by Crippen LogP contribution is 2.54. The van der Waals surface area contributed by atoms with Gasteiger partial charge in [-0.1, -0.05) is 18.1 Å². The highest BCUT2D eigenvalue weighted by Gasteiger charge is 2.54. The summed E-state index contributed by atoms with van der Waals surface area (Å²) in [6.45, 7) is 3.80. The number of carboxylic acids is 1. The minimum absolute atomic E-state index is 0.0309. The Morgan fingerprint density at radius 1 is 1.12 bits per heavy atom. The average molecular weight is 594 g/mol. The van der Waals surface area contributed by atoms with E-state index in [1.165, 1.54) is 6.07 Å². The third-order valence-electron chi connectivity index (χ3n) is 10.9. The summed E-state index contributed by atoms with van der Waals surface area (Å²) in [6, 6.07) is 2.38. The highest BCUT2D eigenvalue weighted by molar-refractivity contribution is 5.88. The molecule has 10 nitrogen and oxygen atoms in total. The number of hydrogen-bond acceptors (Lipinski definition) is 6. The molecule has 0 radical (unpaired) electrons. The summed E-state index contributed by atoms with van der Waals surface area (Å²) in [5.74, 6) is -1.71. The van der Waals surface area contributed by atoms with Gasteiger partial charge in [0, 0.05) is 38.2 Å². The molecule has 2 aromatic rings. The lowest BCUT2D eigenvalue weighted by atomic mass is 9.66. The summed E-state index contributed by atoms with van der Waals surface area (Å²) < 4.78 is 23.8. The number of amides is 2. The maximum absolute atomic E-state index is 15.5. The van der Waals surface area contributed by atoms with Crippen molar-refractivity contribution in [3.05, 3.63) is 40.5 Å². The van der Waals surface area contributed by atoms with Crippen molar-refractivity contribution in [3.8, 4) is 5.75 Å². The molecule has 5 aliphatic rings. The first-order valence-corrected chi connectivity index (χ1v) is 15.9. The SMILES string of the molecule is C[C@]1(C(=O)O)CCCC[C@H]1C(=O)N1CCc2c(F)ccc(OCc3nnn4c3CCCC4)c2[C@H]1CN1CC2(CC2)CC1=O. The van der Waals surface area contributed by atoms with E-state index in [-0.39, 0.29) is 49.2 Å². The second kappa shape index (κ2) is 10.6. The number of aryl methyl sites for hydroxylation is 1. The number of aliphatic carboxylic acids is 1. The van der Waals surface area contributed by atoms with E-state index in [9.17, 15) is 19.5 Å². The Labute approximate surface area is 250 Å². The molecule has 11 heteroatoms. The first kappa shape index (κ1) is 28.3. The smallest absolute Gasteiger partial charge is 0.310 e. The second-order valence-corrected chi connectivity index (χ2v) is 13.7. The van der Waals surface area contributed by atoms with Gasteiger partial charge in [0.2, 0.25) is 11.8 Å². The molecule has 2 aliphatic carbocycles. The zero-order valence-corrected chi connectivity index (χ0v) is 24.8. The van der Waals surface area contributed by atoms with E-state index in [1.54, 1.807) is 17.9 Å². The van der Waals surface area contributed by atoms with Gasteiger partial charge in [-0.2, -0.15) is 0 Å². The van der Waals surface area contributed by atoms with Crippen molar-refractivity contribution in [1.82, 2.24) is 24.8 Å². The molecule has 1 spiro atoms. The summed E-state index contributed by atoms with van der Waals surface area (Å²) >= 11 is 0. The lowest BCUT2D eigenvalue weighted by Gasteiger charge is -2.45. The number of carbonyl (C=O) groups is 3. The number of ether oxygens (including phenoxy) is 1. The number of fused-ring (bicyclic) bond motifs is 2. The van der Waals surface area contributed by atoms with Crippen LogP contribution in [0.3, 0.4) is 0 Å². The maximum Gasteiger partial charge on any atom is 0.310 e. The fourth-order valence-electron chi connectivity index (χ4n) is 8.05. The van der Waals surface area contributed by atoms with E-state index in [0.29, 0.717) is 42.7 Å². The number of carbonyl (C=O) groups excluding carboxylic acids is 2. The van der Waals surface area contributed by atoms with Gasteiger partial charge in [-0.05, 0) is 81.4 Å². The first-order chi connectivity index (χ1) is 20.7. The molecule has 2 saturated carbocycles. The molecule has 7 rings (SSSR count). The Morgan fingerprint density at radius 3 is 2.72 bits per heavy atom. The molecule has 0 bridgehead atoms. The standard InChI is InChI=1S/C32H40FN5O5/c1-31(30(41)42)11-4-2-6-21(31)29(40)37-15-10-20-22(33)8-9-26(43-18-23-24-7-3-5-14-38(24)35-34-23)28(20)25(37)17-36-19-32(12-13-32)16-27(36)39/h8-9,21,25H,2-7,10-19H2,1H3,(H,41,42)/t21-,25+,31-/m0/s1. The Bertz CT molecular complexity index is 1470. The fraction of sp³-hybridized carbons (Fsp3) is 0.656. The Balaban J connectivity index is 1.25. The van der Waals surface area contributed by atoms with E-state index in [4.69, 9.17) is 4.74 Å². The van der Waals surface area contributed by atoms with Gasteiger partial charge in [0.1, 0.15) is 23.9 Å². The zero-order chi connectivity index (χ0) is 29.9. The number of halogens is 1. The van der Waals surface area contributed by atoms with Gasteiger partial charge in [-0.25, -0.2) is 9.07 Å². The van der Waals surface area contributed by atoms with E-state index in [2.05, 4.69) is 10.3 Å². The van der Waals surface area contributed by atoms with Crippen LogP contribution in [0.2, 0.25) is 0 Å². The molecule has 1 N–H and O–H groups in total. The molecule has 2 amide bonds. The predicted octanol–water partition coefficient (Wildman–Crippen LogP) is 4.05. The molecule has 230 valence electrons. The normalized spacial score (nSPS) is 27.6. The second-order valence-electron chi connectivity index (χ2n) is 13.7. The summed E-state index contributed by atoms with van der Waals surface area (Å²) in [7, 11) is 0. The summed E-state index contributed by atoms with van der Waals surface area (Å²) in [4.78, 5) is 43.6. The van der Waals surface area contributed by atoms with Gasteiger partial charge in [0.25, 0.3) is 0 Å². The number of likely N-dealkylation sites (tertiary alicyclic amines) is 1. The monoisotopic (exact) mass is 593 g/mol. The average Bonchev–Trinajstić information content (AvgIpc) is 3.50. The first-order valence-electron chi connectivity index (χ1n) is 15.9. The quantitative estimate of drug-likeness (QED) is 0.515. The molecule has 3 atom stereocenters. The zero-order valence-electron chi connectivity index (χ0n) is 24.8. The number of hydrogen-bond donors (Lipinski definition) is 1. The molecule has 3 aliphatic heterocycles. The van der Waals surface area contributed by atoms with Crippen LogP contribution in [0.1, 0.15) is 93.3 Å². The third kappa shape index (κ3) is 4.88. The van der Waals surface area contributed by atoms with Crippen molar-refractivity contribution in [1.29, 1.82) is 0 Å². The van der Waals surface area contributed by atoms with E-state index in [1.807, 2.05) is 9.58 Å². The van der Waals surface area contributed by atoms with Gasteiger partial charge in [0.15, 0.2) is 0 Å². The number of aromatic nitrogens is 3. The summed E-state index contributed by atoms with van der Waals surface area (Å²) in [5, 5.41) is 18.8. The topological polar surface area (TPSA) is 118 Å². The van der Waals surface area contributed by atoms with Crippen molar-refractivity contribution in [2.45, 2.75) is 96.7 Å². The number of nitrogens with zero attached hydrogens (tertiary/aromatic N) is 5. The summed E-state index contributed by atoms with van der Waals surface area (Å²) in [6.07, 6.45) is 8.31. The predicted molar refractivity (Wildman–Crippen MR) is 152 cm³/mol. The van der Waals surface area contributed by atoms with Crippen LogP contribution in [0.25, 0.3) is 0 Å². The number of rotatable bonds is 7. The van der Waals surface area contributed by atoms with Crippen molar-refractivity contribution in [2.24, 2.45) is 16.7 Å². The lowest BCUT2D eigenvalue weighted by Crippen LogP contribution is -2.52. The van der Waals surface area contributed by atoms with Crippen molar-refractivity contribution < 1.29 is 28.6 Å². The Hall–Kier alpha value is -3.50. The molecule has 3 fully saturated rings. The van der Waals surface area contributed by atoms with Gasteiger partial charge in [0.05, 0.1) is 23.1 Å². The third-order valence-corrected chi connectivity index (χ3v) is 10.9. The molecule has 1 aromatic heterocycles. The molecule has 43 heavy (non-hydrogen) atoms. The van der Waals surface area contributed by atoms with Crippen LogP contribution >= 0.6 is 0 Å². The van der Waals surface area contributed by atoms with Crippen molar-refractivity contribution >= 4 is 17.8 Å². The van der Waals surface area contributed by atoms with Gasteiger partial charge < -0.3 is 19.6 Å². The molecule has 1 saturated heterocycles. The summed E-state index contributed by atoms with van der Waals surface area (Å²) in [5.41, 5.74) is 1.74. The van der Waals surface area contributed by atoms with Crippen molar-refractivity contribution in [2.75, 3.05) is 19.6 Å². The van der Waals surface area contributed by atoms with Gasteiger partial charge in [-0.15, -0.1) is 5.10 Å². The molecule has 4 heterocycles. The van der Waals surface area contributed by atoms with Crippen molar-refractivity contribution in [3.63, 3.8) is 0 Å². The fourth-order valence-corrected chi connectivity index (χ4v) is 8.05. The Kier molecular flexibility index (Phi) is 6.97. The van der Waals surface area contributed by atoms with Crippen LogP contribution in [0.5, 0.6) is 5.75 Å². The minimum atomic E-state index is -1.17. The van der Waals surface area contributed by atoms with E-state index in [0.717, 1.165) is 62.9 Å². The molecule has 0 unspecified atom stereocenters. The lowest BCUT2D eigenvalue weighted by molar-refractivity contribution is -0.162. The van der Waals surface area contributed by atoms with Crippen LogP contribution in [-0.2, 0) is 40.4 Å². The van der Waals surface area contributed by atoms with Gasteiger partial charge >= 0.3 is 5.97 Å². The molecule has 1 aromatic carbocycles. The van der Waals surface area contributed by atoms with E-state index >= 15 is 4.39 Å². The maximum atomic E-state index is 15.5. The number of carboxylic acid groups (broad SMARTS) is 1. The molecular weight excluding hydrogens is 553 g/mol. The minimum Gasteiger partial charge on any atom is -0.487 e. The van der Waals surface area contributed by atoms with Crippen LogP contribution in [0.4, 0.5) is 4.39 Å². The largest absolute Gasteiger partial charge is 0.487 e. The molecular formula is C32H40FN5O5. The van der Waals surface area contributed by atoms with Crippen LogP contribution < -0.4 is 4.74 Å². The van der Waals surface area contributed by atoms with E-state index < -0.39 is 23.3 Å². The Morgan fingerprint density at radius 2 is 1.95 bits per heavy atom. The number of benzene rings is 1. The highest BCUT2D eigenvalue weighted by atomic mass is 19.1. The van der Waals surface area contributed by atoms with Gasteiger partial charge in [-0.3, -0.25) is 14.4 Å². The van der Waals surface area contributed by atoms with Crippen LogP contribution in [0, 0.1) is 22.6 Å². The van der Waals surface area contributed by atoms with Crippen LogP contribution in [-0.4, -0.2) is 67.3 Å². The van der Waals surface area contributed by atoms with Crippen LogP contribution in [0.15, 0.2) is 12.1 Å².